The lowest BCUT2D eigenvalue weighted by molar-refractivity contribution is 0.322. The molecule has 20 heavy (non-hydrogen) atoms. The lowest BCUT2D eigenvalue weighted by atomic mass is 9.87. The lowest BCUT2D eigenvalue weighted by Gasteiger charge is -2.25. The zero-order valence-electron chi connectivity index (χ0n) is 11.9. The highest BCUT2D eigenvalue weighted by molar-refractivity contribution is 7.09. The summed E-state index contributed by atoms with van der Waals surface area (Å²) in [5.74, 6) is 1.01. The third-order valence-corrected chi connectivity index (χ3v) is 4.91. The number of nitrogens with one attached hydrogen (secondary N) is 1. The summed E-state index contributed by atoms with van der Waals surface area (Å²) in [6.07, 6.45) is 4.67. The number of hydrogen-bond acceptors (Lipinski definition) is 3. The van der Waals surface area contributed by atoms with Crippen molar-refractivity contribution in [3.05, 3.63) is 51.7 Å². The Kier molecular flexibility index (Phi) is 4.38. The zero-order valence-corrected chi connectivity index (χ0v) is 12.7. The van der Waals surface area contributed by atoms with E-state index in [9.17, 15) is 0 Å². The minimum Gasteiger partial charge on any atom is -0.493 e. The summed E-state index contributed by atoms with van der Waals surface area (Å²) in [5.41, 5.74) is 2.90. The Hall–Kier alpha value is -1.32. The molecule has 1 aromatic carbocycles. The maximum Gasteiger partial charge on any atom is 0.119 e. The van der Waals surface area contributed by atoms with Gasteiger partial charge >= 0.3 is 0 Å². The average Bonchev–Trinajstić information content (AvgIpc) is 2.99. The van der Waals surface area contributed by atoms with Gasteiger partial charge in [0.05, 0.1) is 6.61 Å². The van der Waals surface area contributed by atoms with E-state index < -0.39 is 0 Å². The Balaban J connectivity index is 1.63. The molecule has 0 saturated carbocycles. The highest BCUT2D eigenvalue weighted by Gasteiger charge is 2.18. The molecule has 0 saturated heterocycles. The number of hydrogen-bond donors (Lipinski definition) is 1. The second kappa shape index (κ2) is 6.42. The molecule has 0 aliphatic heterocycles. The van der Waals surface area contributed by atoms with Crippen molar-refractivity contribution in [1.29, 1.82) is 0 Å². The number of aryl methyl sites for hydroxylation is 1. The highest BCUT2D eigenvalue weighted by atomic mass is 32.1. The molecule has 0 radical (unpaired) electrons. The molecule has 2 aromatic rings. The third-order valence-electron chi connectivity index (χ3n) is 3.97. The number of thiophene rings is 1. The van der Waals surface area contributed by atoms with E-state index in [1.165, 1.54) is 35.3 Å². The van der Waals surface area contributed by atoms with E-state index >= 15 is 0 Å². The maximum absolute atomic E-state index is 5.90. The minimum absolute atomic E-state index is 0.513. The molecule has 106 valence electrons. The summed E-state index contributed by atoms with van der Waals surface area (Å²) >= 11 is 1.80. The van der Waals surface area contributed by atoms with Crippen molar-refractivity contribution in [3.63, 3.8) is 0 Å². The predicted octanol–water partition coefficient (Wildman–Crippen LogP) is 3.97. The Labute approximate surface area is 124 Å². The van der Waals surface area contributed by atoms with Crippen LogP contribution in [0.5, 0.6) is 5.75 Å². The molecule has 3 rings (SSSR count). The van der Waals surface area contributed by atoms with E-state index in [2.05, 4.69) is 41.0 Å². The highest BCUT2D eigenvalue weighted by Crippen LogP contribution is 2.31. The molecule has 0 bridgehead atoms. The Morgan fingerprint density at radius 2 is 2.30 bits per heavy atom. The molecule has 1 heterocycles. The van der Waals surface area contributed by atoms with Crippen LogP contribution < -0.4 is 10.1 Å². The average molecular weight is 287 g/mol. The fourth-order valence-corrected chi connectivity index (χ4v) is 3.59. The lowest BCUT2D eigenvalue weighted by Crippen LogP contribution is -2.21. The van der Waals surface area contributed by atoms with Gasteiger partial charge in [-0.05, 0) is 61.0 Å². The molecular weight excluding hydrogens is 266 g/mol. The van der Waals surface area contributed by atoms with E-state index in [0.717, 1.165) is 18.8 Å². The Morgan fingerprint density at radius 3 is 3.10 bits per heavy atom. The first-order chi connectivity index (χ1) is 9.86. The molecular formula is C17H21NOS. The molecule has 0 fully saturated rings. The predicted molar refractivity (Wildman–Crippen MR) is 84.7 cm³/mol. The SMILES string of the molecule is CNC1CCCc2cc(OCCc3cccs3)ccc21. The first-order valence-electron chi connectivity index (χ1n) is 7.32. The second-order valence-corrected chi connectivity index (χ2v) is 6.30. The van der Waals surface area contributed by atoms with Gasteiger partial charge in [0, 0.05) is 17.3 Å². The molecule has 1 aliphatic rings. The number of rotatable bonds is 5. The van der Waals surface area contributed by atoms with Crippen molar-refractivity contribution < 1.29 is 4.74 Å². The summed E-state index contributed by atoms with van der Waals surface area (Å²) in [6.45, 7) is 0.759. The van der Waals surface area contributed by atoms with Gasteiger partial charge in [0.1, 0.15) is 5.75 Å². The Bertz CT molecular complexity index is 550. The van der Waals surface area contributed by atoms with Crippen molar-refractivity contribution in [2.45, 2.75) is 31.7 Å². The van der Waals surface area contributed by atoms with E-state index in [-0.39, 0.29) is 0 Å². The zero-order chi connectivity index (χ0) is 13.8. The van der Waals surface area contributed by atoms with Crippen molar-refractivity contribution in [3.8, 4) is 5.75 Å². The van der Waals surface area contributed by atoms with E-state index in [4.69, 9.17) is 4.74 Å². The van der Waals surface area contributed by atoms with E-state index in [0.29, 0.717) is 6.04 Å². The van der Waals surface area contributed by atoms with Crippen LogP contribution in [0.15, 0.2) is 35.7 Å². The first kappa shape index (κ1) is 13.7. The molecule has 1 aromatic heterocycles. The van der Waals surface area contributed by atoms with Crippen LogP contribution in [0.3, 0.4) is 0 Å². The maximum atomic E-state index is 5.90. The van der Waals surface area contributed by atoms with Gasteiger partial charge in [-0.1, -0.05) is 12.1 Å². The van der Waals surface area contributed by atoms with Crippen LogP contribution in [0, 0.1) is 0 Å². The summed E-state index contributed by atoms with van der Waals surface area (Å²) in [7, 11) is 2.05. The normalized spacial score (nSPS) is 17.8. The topological polar surface area (TPSA) is 21.3 Å². The van der Waals surface area contributed by atoms with Gasteiger partial charge in [-0.3, -0.25) is 0 Å². The summed E-state index contributed by atoms with van der Waals surface area (Å²) in [4.78, 5) is 1.39. The number of fused-ring (bicyclic) bond motifs is 1. The van der Waals surface area contributed by atoms with Crippen molar-refractivity contribution >= 4 is 11.3 Å². The van der Waals surface area contributed by atoms with Crippen LogP contribution in [-0.4, -0.2) is 13.7 Å². The fraction of sp³-hybridized carbons (Fsp3) is 0.412. The molecule has 1 aliphatic carbocycles. The molecule has 1 unspecified atom stereocenters. The van der Waals surface area contributed by atoms with Gasteiger partial charge in [0.15, 0.2) is 0 Å². The van der Waals surface area contributed by atoms with E-state index in [1.807, 2.05) is 7.05 Å². The van der Waals surface area contributed by atoms with Crippen LogP contribution in [0.4, 0.5) is 0 Å². The minimum atomic E-state index is 0.513. The van der Waals surface area contributed by atoms with Crippen LogP contribution in [0.1, 0.15) is 34.9 Å². The molecule has 2 nitrogen and oxygen atoms in total. The summed E-state index contributed by atoms with van der Waals surface area (Å²) in [5, 5.41) is 5.52. The Morgan fingerprint density at radius 1 is 1.35 bits per heavy atom. The monoisotopic (exact) mass is 287 g/mol. The molecule has 0 spiro atoms. The molecule has 1 N–H and O–H groups in total. The first-order valence-corrected chi connectivity index (χ1v) is 8.20. The largest absolute Gasteiger partial charge is 0.493 e. The van der Waals surface area contributed by atoms with Crippen LogP contribution in [0.25, 0.3) is 0 Å². The number of benzene rings is 1. The van der Waals surface area contributed by atoms with Crippen molar-refractivity contribution in [1.82, 2.24) is 5.32 Å². The van der Waals surface area contributed by atoms with Crippen LogP contribution in [-0.2, 0) is 12.8 Å². The second-order valence-electron chi connectivity index (χ2n) is 5.27. The molecule has 3 heteroatoms. The van der Waals surface area contributed by atoms with Gasteiger partial charge in [0.2, 0.25) is 0 Å². The van der Waals surface area contributed by atoms with Gasteiger partial charge in [-0.2, -0.15) is 0 Å². The van der Waals surface area contributed by atoms with Crippen molar-refractivity contribution in [2.24, 2.45) is 0 Å². The molecule has 1 atom stereocenters. The van der Waals surface area contributed by atoms with Gasteiger partial charge in [0.25, 0.3) is 0 Å². The van der Waals surface area contributed by atoms with Gasteiger partial charge in [-0.25, -0.2) is 0 Å². The summed E-state index contributed by atoms with van der Waals surface area (Å²) in [6, 6.07) is 11.3. The van der Waals surface area contributed by atoms with E-state index in [1.54, 1.807) is 11.3 Å². The van der Waals surface area contributed by atoms with Crippen LogP contribution in [0.2, 0.25) is 0 Å². The fourth-order valence-electron chi connectivity index (χ4n) is 2.90. The molecule has 0 amide bonds. The standard InChI is InChI=1S/C17H21NOS/c1-18-17-6-2-4-13-12-14(7-8-16(13)17)19-10-9-15-5-3-11-20-15/h3,5,7-8,11-12,17-18H,2,4,6,9-10H2,1H3. The van der Waals surface area contributed by atoms with Gasteiger partial charge < -0.3 is 10.1 Å². The van der Waals surface area contributed by atoms with Gasteiger partial charge in [-0.15, -0.1) is 11.3 Å². The quantitative estimate of drug-likeness (QED) is 0.898. The van der Waals surface area contributed by atoms with Crippen molar-refractivity contribution in [2.75, 3.05) is 13.7 Å². The summed E-state index contributed by atoms with van der Waals surface area (Å²) < 4.78 is 5.90. The van der Waals surface area contributed by atoms with Crippen LogP contribution >= 0.6 is 11.3 Å². The smallest absolute Gasteiger partial charge is 0.119 e. The third kappa shape index (κ3) is 3.05. The number of ether oxygens (including phenoxy) is 1.